The minimum Gasteiger partial charge on any atom is -0.389 e. The summed E-state index contributed by atoms with van der Waals surface area (Å²) in [5.41, 5.74) is 1.95. The van der Waals surface area contributed by atoms with Gasteiger partial charge >= 0.3 is 0 Å². The molecule has 1 aliphatic heterocycles. The zero-order valence-electron chi connectivity index (χ0n) is 11.1. The van der Waals surface area contributed by atoms with Gasteiger partial charge in [-0.25, -0.2) is 0 Å². The summed E-state index contributed by atoms with van der Waals surface area (Å²) in [5, 5.41) is 10.2. The fraction of sp³-hybridized carbons (Fsp3) is 0.571. The topological polar surface area (TPSA) is 26.7 Å². The lowest BCUT2D eigenvalue weighted by Crippen LogP contribution is -2.28. The van der Waals surface area contributed by atoms with Crippen LogP contribution in [0.25, 0.3) is 0 Å². The van der Waals surface area contributed by atoms with Crippen LogP contribution in [0.5, 0.6) is 0 Å². The monoisotopic (exact) mass is 268 g/mol. The van der Waals surface area contributed by atoms with E-state index in [0.29, 0.717) is 5.02 Å². The van der Waals surface area contributed by atoms with Gasteiger partial charge in [-0.05, 0) is 44.6 Å². The van der Waals surface area contributed by atoms with E-state index in [1.165, 1.54) is 6.42 Å². The Hall–Kier alpha value is -0.770. The van der Waals surface area contributed by atoms with Crippen LogP contribution in [0.1, 0.15) is 25.0 Å². The summed E-state index contributed by atoms with van der Waals surface area (Å²) >= 11 is 6.22. The summed E-state index contributed by atoms with van der Waals surface area (Å²) in [6, 6.07) is 5.95. The predicted molar refractivity (Wildman–Crippen MR) is 76.4 cm³/mol. The first-order valence-corrected chi connectivity index (χ1v) is 6.86. The molecule has 1 fully saturated rings. The van der Waals surface area contributed by atoms with E-state index in [2.05, 4.69) is 22.9 Å². The van der Waals surface area contributed by atoms with E-state index in [1.807, 2.05) is 12.1 Å². The Kier molecular flexibility index (Phi) is 4.49. The van der Waals surface area contributed by atoms with Gasteiger partial charge in [0.25, 0.3) is 0 Å². The van der Waals surface area contributed by atoms with Crippen LogP contribution < -0.4 is 4.90 Å². The van der Waals surface area contributed by atoms with Crippen molar-refractivity contribution < 1.29 is 5.11 Å². The average Bonchev–Trinajstić information content (AvgIpc) is 2.53. The van der Waals surface area contributed by atoms with E-state index in [1.54, 1.807) is 6.92 Å². The Morgan fingerprint density at radius 1 is 1.22 bits per heavy atom. The molecule has 0 amide bonds. The van der Waals surface area contributed by atoms with Gasteiger partial charge in [0.1, 0.15) is 0 Å². The number of halogens is 1. The van der Waals surface area contributed by atoms with Gasteiger partial charge in [0.15, 0.2) is 0 Å². The third-order valence-corrected chi connectivity index (χ3v) is 3.85. The molecule has 0 saturated carbocycles. The number of benzene rings is 1. The highest BCUT2D eigenvalue weighted by Crippen LogP contribution is 2.28. The van der Waals surface area contributed by atoms with Gasteiger partial charge in [0.05, 0.1) is 6.10 Å². The number of aliphatic hydroxyl groups excluding tert-OH is 1. The van der Waals surface area contributed by atoms with Gasteiger partial charge in [-0.2, -0.15) is 0 Å². The molecule has 100 valence electrons. The van der Waals surface area contributed by atoms with Gasteiger partial charge in [0, 0.05) is 30.3 Å². The molecule has 0 spiro atoms. The summed E-state index contributed by atoms with van der Waals surface area (Å²) in [5.74, 6) is 0. The summed E-state index contributed by atoms with van der Waals surface area (Å²) in [4.78, 5) is 4.72. The fourth-order valence-electron chi connectivity index (χ4n) is 2.36. The van der Waals surface area contributed by atoms with Crippen LogP contribution in [0.15, 0.2) is 18.2 Å². The molecule has 0 aromatic heterocycles. The van der Waals surface area contributed by atoms with Crippen molar-refractivity contribution in [1.82, 2.24) is 4.90 Å². The summed E-state index contributed by atoms with van der Waals surface area (Å²) in [7, 11) is 2.16. The molecule has 1 aromatic rings. The zero-order valence-corrected chi connectivity index (χ0v) is 11.8. The Balaban J connectivity index is 2.15. The van der Waals surface area contributed by atoms with Gasteiger partial charge < -0.3 is 14.9 Å². The second-order valence-electron chi connectivity index (χ2n) is 5.03. The molecule has 1 unspecified atom stereocenters. The van der Waals surface area contributed by atoms with Crippen LogP contribution in [-0.2, 0) is 0 Å². The number of rotatable bonds is 2. The number of aliphatic hydroxyl groups is 1. The highest BCUT2D eigenvalue weighted by atomic mass is 35.5. The van der Waals surface area contributed by atoms with Crippen molar-refractivity contribution in [3.63, 3.8) is 0 Å². The Bertz CT molecular complexity index is 409. The normalized spacial score (nSPS) is 19.7. The smallest absolute Gasteiger partial charge is 0.0776 e. The highest BCUT2D eigenvalue weighted by molar-refractivity contribution is 6.31. The molecule has 3 nitrogen and oxygen atoms in total. The van der Waals surface area contributed by atoms with Crippen molar-refractivity contribution in [2.75, 3.05) is 38.1 Å². The molecule has 1 N–H and O–H groups in total. The van der Waals surface area contributed by atoms with Crippen LogP contribution in [0.3, 0.4) is 0 Å². The van der Waals surface area contributed by atoms with Gasteiger partial charge in [0.2, 0.25) is 0 Å². The molecule has 0 radical (unpaired) electrons. The van der Waals surface area contributed by atoms with Crippen LogP contribution in [0.2, 0.25) is 5.02 Å². The average molecular weight is 269 g/mol. The quantitative estimate of drug-likeness (QED) is 0.893. The highest BCUT2D eigenvalue weighted by Gasteiger charge is 2.14. The molecule has 4 heteroatoms. The number of nitrogens with zero attached hydrogens (tertiary/aromatic N) is 2. The molecule has 1 aromatic carbocycles. The lowest BCUT2D eigenvalue weighted by Gasteiger charge is -2.23. The Morgan fingerprint density at radius 2 is 2.00 bits per heavy atom. The standard InChI is InChI=1S/C14H21ClN2O/c1-11(18)13-5-4-12(10-14(13)15)17-7-3-6-16(2)8-9-17/h4-5,10-11,18H,3,6-9H2,1-2H3. The number of hydrogen-bond acceptors (Lipinski definition) is 3. The van der Waals surface area contributed by atoms with Crippen molar-refractivity contribution >= 4 is 17.3 Å². The predicted octanol–water partition coefficient (Wildman–Crippen LogP) is 2.54. The molecule has 1 heterocycles. The number of likely N-dealkylation sites (N-methyl/N-ethyl adjacent to an activating group) is 1. The van der Waals surface area contributed by atoms with Crippen LogP contribution in [0.4, 0.5) is 5.69 Å². The molecule has 2 rings (SSSR count). The maximum Gasteiger partial charge on any atom is 0.0776 e. The van der Waals surface area contributed by atoms with Crippen molar-refractivity contribution in [3.8, 4) is 0 Å². The van der Waals surface area contributed by atoms with E-state index in [0.717, 1.165) is 37.4 Å². The van der Waals surface area contributed by atoms with E-state index in [9.17, 15) is 5.11 Å². The van der Waals surface area contributed by atoms with E-state index < -0.39 is 6.10 Å². The largest absolute Gasteiger partial charge is 0.389 e. The summed E-state index contributed by atoms with van der Waals surface area (Å²) in [6.07, 6.45) is 0.661. The van der Waals surface area contributed by atoms with Crippen molar-refractivity contribution in [3.05, 3.63) is 28.8 Å². The second kappa shape index (κ2) is 5.91. The fourth-order valence-corrected chi connectivity index (χ4v) is 2.69. The van der Waals surface area contributed by atoms with E-state index >= 15 is 0 Å². The van der Waals surface area contributed by atoms with Crippen molar-refractivity contribution in [2.24, 2.45) is 0 Å². The summed E-state index contributed by atoms with van der Waals surface area (Å²) in [6.45, 7) is 6.06. The number of anilines is 1. The molecule has 1 atom stereocenters. The molecular formula is C14H21ClN2O. The first-order chi connectivity index (χ1) is 8.58. The van der Waals surface area contributed by atoms with Crippen molar-refractivity contribution in [2.45, 2.75) is 19.4 Å². The van der Waals surface area contributed by atoms with Crippen LogP contribution in [-0.4, -0.2) is 43.2 Å². The molecule has 0 bridgehead atoms. The van der Waals surface area contributed by atoms with E-state index in [-0.39, 0.29) is 0 Å². The minimum atomic E-state index is -0.512. The molecule has 18 heavy (non-hydrogen) atoms. The maximum atomic E-state index is 9.58. The SMILES string of the molecule is CC(O)c1ccc(N2CCCN(C)CC2)cc1Cl. The lowest BCUT2D eigenvalue weighted by atomic mass is 10.1. The first kappa shape index (κ1) is 13.7. The third-order valence-electron chi connectivity index (χ3n) is 3.52. The molecule has 1 saturated heterocycles. The second-order valence-corrected chi connectivity index (χ2v) is 5.43. The van der Waals surface area contributed by atoms with Crippen LogP contribution >= 0.6 is 11.6 Å². The van der Waals surface area contributed by atoms with Gasteiger partial charge in [-0.3, -0.25) is 0 Å². The third kappa shape index (κ3) is 3.16. The Labute approximate surface area is 114 Å². The minimum absolute atomic E-state index is 0.512. The summed E-state index contributed by atoms with van der Waals surface area (Å²) < 4.78 is 0. The molecular weight excluding hydrogens is 248 g/mol. The van der Waals surface area contributed by atoms with Gasteiger partial charge in [-0.1, -0.05) is 17.7 Å². The Morgan fingerprint density at radius 3 is 2.67 bits per heavy atom. The molecule has 0 aliphatic carbocycles. The lowest BCUT2D eigenvalue weighted by molar-refractivity contribution is 0.199. The van der Waals surface area contributed by atoms with Crippen LogP contribution in [0, 0.1) is 0 Å². The first-order valence-electron chi connectivity index (χ1n) is 6.49. The van der Waals surface area contributed by atoms with Crippen molar-refractivity contribution in [1.29, 1.82) is 0 Å². The van der Waals surface area contributed by atoms with E-state index in [4.69, 9.17) is 11.6 Å². The number of hydrogen-bond donors (Lipinski definition) is 1. The maximum absolute atomic E-state index is 9.58. The molecule has 1 aliphatic rings. The van der Waals surface area contributed by atoms with Gasteiger partial charge in [-0.15, -0.1) is 0 Å². The zero-order chi connectivity index (χ0) is 13.1.